The molecule has 0 aliphatic carbocycles. The lowest BCUT2D eigenvalue weighted by Gasteiger charge is -2.26. The lowest BCUT2D eigenvalue weighted by Crippen LogP contribution is -2.31. The standard InChI is InChI=1S/C15H17BrN4/c16-12-6-4-5-11(9-12)13-10-18-15(19-14(13)17)20-7-2-1-3-8-20/h4-6,9-10H,1-3,7-8H2,(H2,17,18,19). The van der Waals surface area contributed by atoms with E-state index in [1.54, 1.807) is 0 Å². The molecule has 1 aromatic heterocycles. The predicted molar refractivity (Wildman–Crippen MR) is 85.6 cm³/mol. The van der Waals surface area contributed by atoms with Crippen LogP contribution in [-0.2, 0) is 0 Å². The van der Waals surface area contributed by atoms with Crippen LogP contribution in [0.1, 0.15) is 19.3 Å². The van der Waals surface area contributed by atoms with E-state index < -0.39 is 0 Å². The molecule has 1 aromatic carbocycles. The number of nitrogens with zero attached hydrogens (tertiary/aromatic N) is 3. The average Bonchev–Trinajstić information content (AvgIpc) is 2.48. The molecule has 104 valence electrons. The third-order valence-corrected chi connectivity index (χ3v) is 4.07. The summed E-state index contributed by atoms with van der Waals surface area (Å²) in [5, 5.41) is 0. The van der Waals surface area contributed by atoms with Crippen molar-refractivity contribution in [1.82, 2.24) is 9.97 Å². The molecular weight excluding hydrogens is 316 g/mol. The van der Waals surface area contributed by atoms with Crippen LogP contribution >= 0.6 is 15.9 Å². The van der Waals surface area contributed by atoms with Gasteiger partial charge in [-0.3, -0.25) is 0 Å². The number of aromatic nitrogens is 2. The first-order chi connectivity index (χ1) is 9.74. The number of hydrogen-bond donors (Lipinski definition) is 1. The molecule has 0 unspecified atom stereocenters. The molecule has 0 atom stereocenters. The average molecular weight is 333 g/mol. The molecule has 1 saturated heterocycles. The fraction of sp³-hybridized carbons (Fsp3) is 0.333. The zero-order valence-electron chi connectivity index (χ0n) is 11.2. The molecule has 0 spiro atoms. The van der Waals surface area contributed by atoms with Crippen LogP contribution in [0.3, 0.4) is 0 Å². The van der Waals surface area contributed by atoms with Crippen molar-refractivity contribution in [2.75, 3.05) is 23.7 Å². The van der Waals surface area contributed by atoms with E-state index in [9.17, 15) is 0 Å². The number of halogens is 1. The molecule has 0 radical (unpaired) electrons. The van der Waals surface area contributed by atoms with Gasteiger partial charge in [-0.25, -0.2) is 4.98 Å². The van der Waals surface area contributed by atoms with Crippen molar-refractivity contribution in [3.05, 3.63) is 34.9 Å². The van der Waals surface area contributed by atoms with Crippen molar-refractivity contribution >= 4 is 27.7 Å². The Bertz CT molecular complexity index is 609. The van der Waals surface area contributed by atoms with Crippen molar-refractivity contribution < 1.29 is 0 Å². The van der Waals surface area contributed by atoms with Gasteiger partial charge in [0.15, 0.2) is 0 Å². The quantitative estimate of drug-likeness (QED) is 0.914. The predicted octanol–water partition coefficient (Wildman–Crippen LogP) is 3.48. The van der Waals surface area contributed by atoms with Crippen molar-refractivity contribution in [3.8, 4) is 11.1 Å². The molecule has 1 aliphatic heterocycles. The highest BCUT2D eigenvalue weighted by atomic mass is 79.9. The summed E-state index contributed by atoms with van der Waals surface area (Å²) in [5.74, 6) is 1.29. The molecular formula is C15H17BrN4. The van der Waals surface area contributed by atoms with Crippen LogP contribution < -0.4 is 10.6 Å². The molecule has 3 rings (SSSR count). The summed E-state index contributed by atoms with van der Waals surface area (Å²) in [6, 6.07) is 8.01. The van der Waals surface area contributed by atoms with Gasteiger partial charge in [0.25, 0.3) is 0 Å². The van der Waals surface area contributed by atoms with Crippen molar-refractivity contribution in [2.45, 2.75) is 19.3 Å². The number of hydrogen-bond acceptors (Lipinski definition) is 4. The van der Waals surface area contributed by atoms with E-state index in [1.807, 2.05) is 30.5 Å². The van der Waals surface area contributed by atoms with Gasteiger partial charge in [-0.2, -0.15) is 4.98 Å². The molecule has 0 bridgehead atoms. The highest BCUT2D eigenvalue weighted by Crippen LogP contribution is 2.28. The smallest absolute Gasteiger partial charge is 0.227 e. The Morgan fingerprint density at radius 2 is 1.95 bits per heavy atom. The van der Waals surface area contributed by atoms with E-state index in [2.05, 4.69) is 30.8 Å². The molecule has 0 saturated carbocycles. The largest absolute Gasteiger partial charge is 0.383 e. The van der Waals surface area contributed by atoms with Gasteiger partial charge in [0.1, 0.15) is 5.82 Å². The normalized spacial score (nSPS) is 15.3. The van der Waals surface area contributed by atoms with Crippen LogP contribution in [-0.4, -0.2) is 23.1 Å². The summed E-state index contributed by atoms with van der Waals surface area (Å²) in [6.45, 7) is 2.05. The first-order valence-electron chi connectivity index (χ1n) is 6.87. The van der Waals surface area contributed by atoms with Gasteiger partial charge in [0, 0.05) is 29.3 Å². The topological polar surface area (TPSA) is 55.0 Å². The summed E-state index contributed by atoms with van der Waals surface area (Å²) >= 11 is 3.47. The number of nitrogen functional groups attached to an aromatic ring is 1. The molecule has 1 aliphatic rings. The Kier molecular flexibility index (Phi) is 3.87. The maximum absolute atomic E-state index is 6.12. The third-order valence-electron chi connectivity index (χ3n) is 3.58. The maximum Gasteiger partial charge on any atom is 0.227 e. The zero-order chi connectivity index (χ0) is 13.9. The van der Waals surface area contributed by atoms with Crippen LogP contribution in [0.2, 0.25) is 0 Å². The van der Waals surface area contributed by atoms with Gasteiger partial charge in [0.2, 0.25) is 5.95 Å². The lowest BCUT2D eigenvalue weighted by molar-refractivity contribution is 0.568. The Hall–Kier alpha value is -1.62. The number of nitrogens with two attached hydrogens (primary N) is 1. The Balaban J connectivity index is 1.91. The van der Waals surface area contributed by atoms with E-state index >= 15 is 0 Å². The van der Waals surface area contributed by atoms with Gasteiger partial charge in [-0.1, -0.05) is 28.1 Å². The van der Waals surface area contributed by atoms with Crippen LogP contribution in [0, 0.1) is 0 Å². The van der Waals surface area contributed by atoms with Gasteiger partial charge in [-0.15, -0.1) is 0 Å². The van der Waals surface area contributed by atoms with Crippen molar-refractivity contribution in [1.29, 1.82) is 0 Å². The monoisotopic (exact) mass is 332 g/mol. The molecule has 2 aromatic rings. The fourth-order valence-corrected chi connectivity index (χ4v) is 2.91. The number of piperidine rings is 1. The zero-order valence-corrected chi connectivity index (χ0v) is 12.8. The van der Waals surface area contributed by atoms with E-state index in [1.165, 1.54) is 19.3 Å². The maximum atomic E-state index is 6.12. The summed E-state index contributed by atoms with van der Waals surface area (Å²) in [6.07, 6.45) is 5.53. The van der Waals surface area contributed by atoms with Gasteiger partial charge in [-0.05, 0) is 37.0 Å². The molecule has 4 nitrogen and oxygen atoms in total. The van der Waals surface area contributed by atoms with Gasteiger partial charge < -0.3 is 10.6 Å². The highest BCUT2D eigenvalue weighted by Gasteiger charge is 2.15. The first kappa shape index (κ1) is 13.4. The van der Waals surface area contributed by atoms with Crippen molar-refractivity contribution in [2.24, 2.45) is 0 Å². The SMILES string of the molecule is Nc1nc(N2CCCCC2)ncc1-c1cccc(Br)c1. The Morgan fingerprint density at radius 3 is 2.65 bits per heavy atom. The summed E-state index contributed by atoms with van der Waals surface area (Å²) in [7, 11) is 0. The Labute approximate surface area is 127 Å². The van der Waals surface area contributed by atoms with Crippen LogP contribution in [0.15, 0.2) is 34.9 Å². The molecule has 0 amide bonds. The highest BCUT2D eigenvalue weighted by molar-refractivity contribution is 9.10. The fourth-order valence-electron chi connectivity index (χ4n) is 2.51. The third kappa shape index (κ3) is 2.77. The van der Waals surface area contributed by atoms with E-state index in [4.69, 9.17) is 5.73 Å². The van der Waals surface area contributed by atoms with Crippen LogP contribution in [0.4, 0.5) is 11.8 Å². The second-order valence-corrected chi connectivity index (χ2v) is 5.94. The number of benzene rings is 1. The molecule has 2 heterocycles. The van der Waals surface area contributed by atoms with Crippen LogP contribution in [0.25, 0.3) is 11.1 Å². The van der Waals surface area contributed by atoms with Gasteiger partial charge in [0.05, 0.1) is 0 Å². The Morgan fingerprint density at radius 1 is 1.15 bits per heavy atom. The number of rotatable bonds is 2. The number of anilines is 2. The molecule has 1 fully saturated rings. The second-order valence-electron chi connectivity index (χ2n) is 5.03. The van der Waals surface area contributed by atoms with Crippen LogP contribution in [0.5, 0.6) is 0 Å². The minimum absolute atomic E-state index is 0.540. The van der Waals surface area contributed by atoms with Gasteiger partial charge >= 0.3 is 0 Å². The molecule has 2 N–H and O–H groups in total. The molecule has 5 heteroatoms. The summed E-state index contributed by atoms with van der Waals surface area (Å²) < 4.78 is 1.02. The summed E-state index contributed by atoms with van der Waals surface area (Å²) in [5.41, 5.74) is 8.03. The van der Waals surface area contributed by atoms with E-state index in [0.29, 0.717) is 5.82 Å². The van der Waals surface area contributed by atoms with E-state index in [0.717, 1.165) is 34.6 Å². The lowest BCUT2D eigenvalue weighted by atomic mass is 10.1. The second kappa shape index (κ2) is 5.79. The summed E-state index contributed by atoms with van der Waals surface area (Å²) in [4.78, 5) is 11.2. The van der Waals surface area contributed by atoms with E-state index in [-0.39, 0.29) is 0 Å². The van der Waals surface area contributed by atoms with Crippen molar-refractivity contribution in [3.63, 3.8) is 0 Å². The molecule has 20 heavy (non-hydrogen) atoms. The minimum atomic E-state index is 0.540. The first-order valence-corrected chi connectivity index (χ1v) is 7.67. The minimum Gasteiger partial charge on any atom is -0.383 e.